The van der Waals surface area contributed by atoms with Crippen LogP contribution in [0.4, 0.5) is 0 Å². The van der Waals surface area contributed by atoms with E-state index in [1.165, 1.54) is 0 Å². The first-order valence-corrected chi connectivity index (χ1v) is 7.86. The number of hydrogen-bond acceptors (Lipinski definition) is 4. The third kappa shape index (κ3) is 2.45. The van der Waals surface area contributed by atoms with Crippen LogP contribution in [0, 0.1) is 0 Å². The van der Waals surface area contributed by atoms with Crippen LogP contribution in [-0.4, -0.2) is 24.0 Å². The van der Waals surface area contributed by atoms with E-state index < -0.39 is 11.8 Å². The van der Waals surface area contributed by atoms with Gasteiger partial charge in [0.15, 0.2) is 0 Å². The van der Waals surface area contributed by atoms with E-state index in [1.54, 1.807) is 31.4 Å². The maximum atomic E-state index is 12.8. The second-order valence-corrected chi connectivity index (χ2v) is 5.71. The van der Waals surface area contributed by atoms with Crippen LogP contribution in [0.25, 0.3) is 10.8 Å². The smallest absolute Gasteiger partial charge is 0.285 e. The molecule has 3 aromatic rings. The first-order valence-electron chi connectivity index (χ1n) is 7.86. The molecule has 1 heterocycles. The summed E-state index contributed by atoms with van der Waals surface area (Å²) in [7, 11) is 1.56. The number of benzene rings is 3. The fourth-order valence-corrected chi connectivity index (χ4v) is 3.06. The van der Waals surface area contributed by atoms with E-state index in [-0.39, 0.29) is 6.61 Å². The first kappa shape index (κ1) is 15.4. The van der Waals surface area contributed by atoms with Crippen molar-refractivity contribution >= 4 is 22.6 Å². The van der Waals surface area contributed by atoms with Crippen LogP contribution in [0.1, 0.15) is 26.3 Å². The molecule has 25 heavy (non-hydrogen) atoms. The SMILES string of the molecule is COc1ccc2c3c(cccc13)C(=O)N(OCc1ccccc1)C2=O. The van der Waals surface area contributed by atoms with Gasteiger partial charge in [-0.2, -0.15) is 0 Å². The molecular formula is C20H15NO4. The summed E-state index contributed by atoms with van der Waals surface area (Å²) in [5, 5.41) is 2.19. The highest BCUT2D eigenvalue weighted by Gasteiger charge is 2.34. The zero-order valence-corrected chi connectivity index (χ0v) is 13.6. The largest absolute Gasteiger partial charge is 0.496 e. The minimum atomic E-state index is -0.465. The minimum Gasteiger partial charge on any atom is -0.496 e. The Kier molecular flexibility index (Phi) is 3.71. The lowest BCUT2D eigenvalue weighted by Gasteiger charge is -2.26. The third-order valence-corrected chi connectivity index (χ3v) is 4.25. The normalized spacial score (nSPS) is 13.4. The van der Waals surface area contributed by atoms with Gasteiger partial charge in [-0.15, -0.1) is 5.06 Å². The molecule has 0 fully saturated rings. The van der Waals surface area contributed by atoms with E-state index >= 15 is 0 Å². The lowest BCUT2D eigenvalue weighted by Crippen LogP contribution is -2.40. The van der Waals surface area contributed by atoms with E-state index in [1.807, 2.05) is 36.4 Å². The lowest BCUT2D eigenvalue weighted by molar-refractivity contribution is -0.104. The minimum absolute atomic E-state index is 0.139. The van der Waals surface area contributed by atoms with Crippen molar-refractivity contribution in [3.8, 4) is 5.75 Å². The molecule has 2 amide bonds. The number of hydrogen-bond donors (Lipinski definition) is 0. The predicted octanol–water partition coefficient (Wildman–Crippen LogP) is 3.58. The van der Waals surface area contributed by atoms with Gasteiger partial charge in [0.05, 0.1) is 18.2 Å². The Bertz CT molecular complexity index is 959. The molecule has 5 heteroatoms. The summed E-state index contributed by atoms with van der Waals surface area (Å²) in [5.41, 5.74) is 1.74. The van der Waals surface area contributed by atoms with Gasteiger partial charge in [-0.25, -0.2) is 0 Å². The van der Waals surface area contributed by atoms with Gasteiger partial charge >= 0.3 is 0 Å². The Labute approximate surface area is 144 Å². The second kappa shape index (κ2) is 6.03. The molecule has 4 rings (SSSR count). The van der Waals surface area contributed by atoms with Gasteiger partial charge in [-0.05, 0) is 23.8 Å². The number of methoxy groups -OCH3 is 1. The van der Waals surface area contributed by atoms with Crippen molar-refractivity contribution in [2.24, 2.45) is 0 Å². The van der Waals surface area contributed by atoms with Crippen molar-refractivity contribution in [3.05, 3.63) is 77.4 Å². The number of nitrogens with zero attached hydrogens (tertiary/aromatic N) is 1. The summed E-state index contributed by atoms with van der Waals surface area (Å²) < 4.78 is 5.34. The highest BCUT2D eigenvalue weighted by atomic mass is 16.7. The standard InChI is InChI=1S/C20H15NO4/c1-24-17-11-10-16-18-14(17)8-5-9-15(18)19(22)21(20(16)23)25-12-13-6-3-2-4-7-13/h2-11H,12H2,1H3. The monoisotopic (exact) mass is 333 g/mol. The van der Waals surface area contributed by atoms with Crippen molar-refractivity contribution in [2.45, 2.75) is 6.61 Å². The van der Waals surface area contributed by atoms with Crippen LogP contribution >= 0.6 is 0 Å². The van der Waals surface area contributed by atoms with E-state index in [2.05, 4.69) is 0 Å². The molecule has 1 aliphatic heterocycles. The summed E-state index contributed by atoms with van der Waals surface area (Å²) >= 11 is 0. The fraction of sp³-hybridized carbons (Fsp3) is 0.100. The molecule has 3 aromatic carbocycles. The van der Waals surface area contributed by atoms with Gasteiger partial charge in [0.2, 0.25) is 0 Å². The number of rotatable bonds is 4. The fourth-order valence-electron chi connectivity index (χ4n) is 3.06. The molecule has 0 aliphatic carbocycles. The van der Waals surface area contributed by atoms with Gasteiger partial charge in [0, 0.05) is 10.8 Å². The number of amides is 2. The predicted molar refractivity (Wildman–Crippen MR) is 92.2 cm³/mol. The Morgan fingerprint density at radius 3 is 2.28 bits per heavy atom. The maximum Gasteiger partial charge on any atom is 0.285 e. The summed E-state index contributed by atoms with van der Waals surface area (Å²) in [6, 6.07) is 18.1. The number of ether oxygens (including phenoxy) is 1. The number of imide groups is 1. The van der Waals surface area contributed by atoms with Crippen LogP contribution < -0.4 is 4.74 Å². The highest BCUT2D eigenvalue weighted by molar-refractivity contribution is 6.25. The highest BCUT2D eigenvalue weighted by Crippen LogP contribution is 2.35. The summed E-state index contributed by atoms with van der Waals surface area (Å²) in [6.07, 6.45) is 0. The second-order valence-electron chi connectivity index (χ2n) is 5.71. The maximum absolute atomic E-state index is 12.8. The van der Waals surface area contributed by atoms with Crippen LogP contribution in [0.2, 0.25) is 0 Å². The number of carbonyl (C=O) groups is 2. The molecule has 0 saturated carbocycles. The van der Waals surface area contributed by atoms with Crippen molar-refractivity contribution < 1.29 is 19.2 Å². The zero-order valence-electron chi connectivity index (χ0n) is 13.6. The van der Waals surface area contributed by atoms with Crippen LogP contribution in [0.3, 0.4) is 0 Å². The molecule has 0 N–H and O–H groups in total. The Morgan fingerprint density at radius 2 is 1.56 bits per heavy atom. The van der Waals surface area contributed by atoms with Gasteiger partial charge < -0.3 is 4.74 Å². The van der Waals surface area contributed by atoms with Crippen molar-refractivity contribution in [1.29, 1.82) is 0 Å². The molecule has 0 atom stereocenters. The van der Waals surface area contributed by atoms with E-state index in [0.29, 0.717) is 22.3 Å². The summed E-state index contributed by atoms with van der Waals surface area (Å²) in [6.45, 7) is 0.139. The van der Waals surface area contributed by atoms with Crippen LogP contribution in [-0.2, 0) is 11.4 Å². The molecule has 0 bridgehead atoms. The van der Waals surface area contributed by atoms with Crippen LogP contribution in [0.5, 0.6) is 5.75 Å². The van der Waals surface area contributed by atoms with Crippen molar-refractivity contribution in [3.63, 3.8) is 0 Å². The van der Waals surface area contributed by atoms with Crippen molar-refractivity contribution in [2.75, 3.05) is 7.11 Å². The van der Waals surface area contributed by atoms with Gasteiger partial charge in [0.1, 0.15) is 12.4 Å². The lowest BCUT2D eigenvalue weighted by atomic mass is 9.94. The average molecular weight is 333 g/mol. The van der Waals surface area contributed by atoms with Gasteiger partial charge in [-0.3, -0.25) is 14.4 Å². The molecule has 0 radical (unpaired) electrons. The Morgan fingerprint density at radius 1 is 0.840 bits per heavy atom. The molecule has 1 aliphatic rings. The summed E-state index contributed by atoms with van der Waals surface area (Å²) in [4.78, 5) is 31.1. The molecule has 5 nitrogen and oxygen atoms in total. The quantitative estimate of drug-likeness (QED) is 0.685. The van der Waals surface area contributed by atoms with E-state index in [9.17, 15) is 9.59 Å². The molecule has 0 unspecified atom stereocenters. The van der Waals surface area contributed by atoms with Gasteiger partial charge in [-0.1, -0.05) is 42.5 Å². The molecular weight excluding hydrogens is 318 g/mol. The molecule has 0 aromatic heterocycles. The van der Waals surface area contributed by atoms with E-state index in [4.69, 9.17) is 9.57 Å². The van der Waals surface area contributed by atoms with Crippen molar-refractivity contribution in [1.82, 2.24) is 5.06 Å². The topological polar surface area (TPSA) is 55.8 Å². The summed E-state index contributed by atoms with van der Waals surface area (Å²) in [5.74, 6) is -0.306. The van der Waals surface area contributed by atoms with Crippen LogP contribution in [0.15, 0.2) is 60.7 Å². The third-order valence-electron chi connectivity index (χ3n) is 4.25. The van der Waals surface area contributed by atoms with Gasteiger partial charge in [0.25, 0.3) is 11.8 Å². The number of carbonyl (C=O) groups excluding carboxylic acids is 2. The Balaban J connectivity index is 1.74. The average Bonchev–Trinajstić information content (AvgIpc) is 2.66. The van der Waals surface area contributed by atoms with E-state index in [0.717, 1.165) is 16.0 Å². The zero-order chi connectivity index (χ0) is 17.4. The molecule has 0 saturated heterocycles. The number of hydroxylamine groups is 2. The first-order chi connectivity index (χ1) is 12.2. The Hall–Kier alpha value is -3.18. The molecule has 0 spiro atoms. The molecule has 124 valence electrons.